The highest BCUT2D eigenvalue weighted by atomic mass is 16.5. The van der Waals surface area contributed by atoms with Gasteiger partial charge in [-0.25, -0.2) is 0 Å². The summed E-state index contributed by atoms with van der Waals surface area (Å²) in [5.74, 6) is 0. The van der Waals surface area contributed by atoms with E-state index >= 15 is 0 Å². The first-order chi connectivity index (χ1) is 7.75. The van der Waals surface area contributed by atoms with Crippen LogP contribution < -0.4 is 5.32 Å². The summed E-state index contributed by atoms with van der Waals surface area (Å²) in [6.45, 7) is 5.73. The second-order valence-electron chi connectivity index (χ2n) is 5.44. The number of ether oxygens (including phenoxy) is 1. The molecule has 2 aliphatic heterocycles. The maximum Gasteiger partial charge on any atom is 0.0726 e. The summed E-state index contributed by atoms with van der Waals surface area (Å²) in [4.78, 5) is 2.44. The molecule has 3 nitrogen and oxygen atoms in total. The molecule has 0 aliphatic carbocycles. The normalized spacial score (nSPS) is 34.9. The van der Waals surface area contributed by atoms with Gasteiger partial charge in [0.15, 0.2) is 0 Å². The largest absolute Gasteiger partial charge is 0.377 e. The van der Waals surface area contributed by atoms with Gasteiger partial charge in [0.1, 0.15) is 0 Å². The Morgan fingerprint density at radius 2 is 2.06 bits per heavy atom. The van der Waals surface area contributed by atoms with E-state index in [9.17, 15) is 0 Å². The van der Waals surface area contributed by atoms with Gasteiger partial charge in [-0.2, -0.15) is 0 Å². The molecule has 2 fully saturated rings. The molecular formula is C13H26N2O. The van der Waals surface area contributed by atoms with E-state index in [1.165, 1.54) is 45.2 Å². The van der Waals surface area contributed by atoms with E-state index < -0.39 is 0 Å². The average Bonchev–Trinajstić information content (AvgIpc) is 2.72. The SMILES string of the molecule is CC(NC1CCCN(C)CC1)C1CCCO1. The van der Waals surface area contributed by atoms with Crippen LogP contribution in [0.25, 0.3) is 0 Å². The number of rotatable bonds is 3. The summed E-state index contributed by atoms with van der Waals surface area (Å²) in [5.41, 5.74) is 0. The van der Waals surface area contributed by atoms with Gasteiger partial charge >= 0.3 is 0 Å². The molecule has 0 radical (unpaired) electrons. The van der Waals surface area contributed by atoms with Gasteiger partial charge in [0.25, 0.3) is 0 Å². The van der Waals surface area contributed by atoms with Crippen LogP contribution in [0.4, 0.5) is 0 Å². The summed E-state index contributed by atoms with van der Waals surface area (Å²) in [6, 6.07) is 1.22. The van der Waals surface area contributed by atoms with Crippen molar-refractivity contribution in [2.45, 2.75) is 57.2 Å². The standard InChI is InChI=1S/C13H26N2O/c1-11(13-6-4-10-16-13)14-12-5-3-8-15(2)9-7-12/h11-14H,3-10H2,1-2H3. The lowest BCUT2D eigenvalue weighted by Crippen LogP contribution is -2.43. The topological polar surface area (TPSA) is 24.5 Å². The fraction of sp³-hybridized carbons (Fsp3) is 1.00. The first-order valence-corrected chi connectivity index (χ1v) is 6.82. The second-order valence-corrected chi connectivity index (χ2v) is 5.44. The van der Waals surface area contributed by atoms with Crippen LogP contribution in [0.3, 0.4) is 0 Å². The zero-order chi connectivity index (χ0) is 11.4. The van der Waals surface area contributed by atoms with Crippen LogP contribution in [0.15, 0.2) is 0 Å². The molecule has 1 N–H and O–H groups in total. The highest BCUT2D eigenvalue weighted by Gasteiger charge is 2.25. The third-order valence-electron chi connectivity index (χ3n) is 3.97. The first-order valence-electron chi connectivity index (χ1n) is 6.82. The van der Waals surface area contributed by atoms with Gasteiger partial charge in [0, 0.05) is 18.7 Å². The van der Waals surface area contributed by atoms with Crippen LogP contribution in [0.2, 0.25) is 0 Å². The lowest BCUT2D eigenvalue weighted by molar-refractivity contribution is 0.0789. The van der Waals surface area contributed by atoms with Crippen molar-refractivity contribution in [1.29, 1.82) is 0 Å². The molecule has 0 aromatic rings. The van der Waals surface area contributed by atoms with E-state index in [-0.39, 0.29) is 0 Å². The number of hydrogen-bond donors (Lipinski definition) is 1. The van der Waals surface area contributed by atoms with Gasteiger partial charge in [0.05, 0.1) is 6.10 Å². The Morgan fingerprint density at radius 1 is 1.19 bits per heavy atom. The van der Waals surface area contributed by atoms with E-state index in [0.29, 0.717) is 18.2 Å². The van der Waals surface area contributed by atoms with Crippen LogP contribution in [-0.2, 0) is 4.74 Å². The van der Waals surface area contributed by atoms with E-state index in [1.807, 2.05) is 0 Å². The number of nitrogens with zero attached hydrogens (tertiary/aromatic N) is 1. The van der Waals surface area contributed by atoms with Crippen molar-refractivity contribution in [1.82, 2.24) is 10.2 Å². The molecule has 0 spiro atoms. The smallest absolute Gasteiger partial charge is 0.0726 e. The Kier molecular flexibility index (Phi) is 4.62. The second kappa shape index (κ2) is 5.99. The Bertz CT molecular complexity index is 204. The zero-order valence-electron chi connectivity index (χ0n) is 10.7. The summed E-state index contributed by atoms with van der Waals surface area (Å²) >= 11 is 0. The van der Waals surface area contributed by atoms with Crippen LogP contribution in [0.1, 0.15) is 39.0 Å². The Labute approximate surface area is 99.5 Å². The van der Waals surface area contributed by atoms with Crippen LogP contribution in [0, 0.1) is 0 Å². The molecule has 2 saturated heterocycles. The zero-order valence-corrected chi connectivity index (χ0v) is 10.7. The van der Waals surface area contributed by atoms with Crippen molar-refractivity contribution in [2.24, 2.45) is 0 Å². The van der Waals surface area contributed by atoms with Crippen molar-refractivity contribution in [3.05, 3.63) is 0 Å². The van der Waals surface area contributed by atoms with Crippen molar-refractivity contribution in [3.63, 3.8) is 0 Å². The van der Waals surface area contributed by atoms with Crippen molar-refractivity contribution < 1.29 is 4.74 Å². The van der Waals surface area contributed by atoms with Crippen LogP contribution in [0.5, 0.6) is 0 Å². The van der Waals surface area contributed by atoms with E-state index in [2.05, 4.69) is 24.2 Å². The Morgan fingerprint density at radius 3 is 2.81 bits per heavy atom. The average molecular weight is 226 g/mol. The molecule has 2 heterocycles. The van der Waals surface area contributed by atoms with Crippen LogP contribution in [-0.4, -0.2) is 49.8 Å². The van der Waals surface area contributed by atoms with E-state index in [1.54, 1.807) is 0 Å². The van der Waals surface area contributed by atoms with Crippen molar-refractivity contribution >= 4 is 0 Å². The molecule has 3 atom stereocenters. The minimum absolute atomic E-state index is 0.459. The summed E-state index contributed by atoms with van der Waals surface area (Å²) < 4.78 is 5.74. The highest BCUT2D eigenvalue weighted by Crippen LogP contribution is 2.17. The number of likely N-dealkylation sites (tertiary alicyclic amines) is 1. The van der Waals surface area contributed by atoms with Crippen LogP contribution >= 0.6 is 0 Å². The molecule has 2 aliphatic rings. The monoisotopic (exact) mass is 226 g/mol. The van der Waals surface area contributed by atoms with Gasteiger partial charge in [-0.05, 0) is 59.2 Å². The molecule has 0 amide bonds. The molecule has 2 rings (SSSR count). The molecule has 0 aromatic carbocycles. The van der Waals surface area contributed by atoms with Gasteiger partial charge in [-0.1, -0.05) is 0 Å². The molecule has 3 heteroatoms. The Balaban J connectivity index is 1.74. The lowest BCUT2D eigenvalue weighted by Gasteiger charge is -2.26. The number of hydrogen-bond acceptors (Lipinski definition) is 3. The third-order valence-corrected chi connectivity index (χ3v) is 3.97. The fourth-order valence-corrected chi connectivity index (χ4v) is 2.88. The maximum atomic E-state index is 5.74. The summed E-state index contributed by atoms with van der Waals surface area (Å²) in [5, 5.41) is 3.77. The fourth-order valence-electron chi connectivity index (χ4n) is 2.88. The Hall–Kier alpha value is -0.120. The quantitative estimate of drug-likeness (QED) is 0.791. The summed E-state index contributed by atoms with van der Waals surface area (Å²) in [7, 11) is 2.23. The number of nitrogens with one attached hydrogen (secondary N) is 1. The molecule has 0 aromatic heterocycles. The molecule has 3 unspecified atom stereocenters. The van der Waals surface area contributed by atoms with Crippen molar-refractivity contribution in [3.8, 4) is 0 Å². The van der Waals surface area contributed by atoms with Crippen molar-refractivity contribution in [2.75, 3.05) is 26.7 Å². The molecule has 0 bridgehead atoms. The molecule has 0 saturated carbocycles. The van der Waals surface area contributed by atoms with Gasteiger partial charge in [0.2, 0.25) is 0 Å². The minimum atomic E-state index is 0.459. The summed E-state index contributed by atoms with van der Waals surface area (Å²) in [6.07, 6.45) is 6.87. The predicted molar refractivity (Wildman–Crippen MR) is 66.7 cm³/mol. The maximum absolute atomic E-state index is 5.74. The lowest BCUT2D eigenvalue weighted by atomic mass is 10.0. The van der Waals surface area contributed by atoms with Gasteiger partial charge in [-0.15, -0.1) is 0 Å². The predicted octanol–water partition coefficient (Wildman–Crippen LogP) is 1.63. The molecule has 94 valence electrons. The van der Waals surface area contributed by atoms with Gasteiger partial charge < -0.3 is 15.0 Å². The van der Waals surface area contributed by atoms with Gasteiger partial charge in [-0.3, -0.25) is 0 Å². The molecule has 16 heavy (non-hydrogen) atoms. The highest BCUT2D eigenvalue weighted by molar-refractivity contribution is 4.82. The molecular weight excluding hydrogens is 200 g/mol. The third kappa shape index (κ3) is 3.44. The first kappa shape index (κ1) is 12.3. The minimum Gasteiger partial charge on any atom is -0.377 e. The van der Waals surface area contributed by atoms with E-state index in [0.717, 1.165) is 6.61 Å². The van der Waals surface area contributed by atoms with E-state index in [4.69, 9.17) is 4.74 Å².